The van der Waals surface area contributed by atoms with E-state index >= 15 is 0 Å². The van der Waals surface area contributed by atoms with Gasteiger partial charge in [0.2, 0.25) is 0 Å². The molecule has 6 nitrogen and oxygen atoms in total. The molecule has 3 aromatic rings. The van der Waals surface area contributed by atoms with Crippen molar-refractivity contribution >= 4 is 17.5 Å². The summed E-state index contributed by atoms with van der Waals surface area (Å²) < 4.78 is 16.0. The molecule has 0 aliphatic carbocycles. The molecular weight excluding hydrogens is 392 g/mol. The molecule has 7 heteroatoms. The summed E-state index contributed by atoms with van der Waals surface area (Å²) in [6.45, 7) is 0.685. The first-order valence-electron chi connectivity index (χ1n) is 9.36. The van der Waals surface area contributed by atoms with Crippen LogP contribution in [0, 0.1) is 0 Å². The second kappa shape index (κ2) is 8.17. The zero-order chi connectivity index (χ0) is 20.4. The molecule has 1 amide bonds. The van der Waals surface area contributed by atoms with Crippen LogP contribution in [-0.4, -0.2) is 36.7 Å². The first-order valence-corrected chi connectivity index (χ1v) is 9.74. The lowest BCUT2D eigenvalue weighted by atomic mass is 10.0. The van der Waals surface area contributed by atoms with Crippen molar-refractivity contribution < 1.29 is 18.8 Å². The second-order valence-corrected chi connectivity index (χ2v) is 7.29. The maximum atomic E-state index is 13.1. The van der Waals surface area contributed by atoms with Gasteiger partial charge in [-0.25, -0.2) is 0 Å². The van der Waals surface area contributed by atoms with Gasteiger partial charge in [-0.05, 0) is 48.7 Å². The van der Waals surface area contributed by atoms with Gasteiger partial charge < -0.3 is 18.9 Å². The van der Waals surface area contributed by atoms with Gasteiger partial charge >= 0.3 is 0 Å². The molecule has 0 bridgehead atoms. The van der Waals surface area contributed by atoms with Crippen LogP contribution in [0.5, 0.6) is 11.5 Å². The summed E-state index contributed by atoms with van der Waals surface area (Å²) in [4.78, 5) is 14.9. The second-order valence-electron chi connectivity index (χ2n) is 6.85. The van der Waals surface area contributed by atoms with Gasteiger partial charge in [-0.3, -0.25) is 4.79 Å². The Balaban J connectivity index is 1.57. The molecular formula is C22H21ClN2O4. The summed E-state index contributed by atoms with van der Waals surface area (Å²) in [7, 11) is 3.15. The molecule has 1 aromatic heterocycles. The van der Waals surface area contributed by atoms with Gasteiger partial charge in [0.05, 0.1) is 20.3 Å². The number of hydrogen-bond acceptors (Lipinski definition) is 5. The van der Waals surface area contributed by atoms with Crippen molar-refractivity contribution in [2.24, 2.45) is 0 Å². The molecule has 1 aliphatic heterocycles. The number of likely N-dealkylation sites (tertiary alicyclic amines) is 1. The summed E-state index contributed by atoms with van der Waals surface area (Å²) in [6.07, 6.45) is 1.85. The van der Waals surface area contributed by atoms with Crippen molar-refractivity contribution in [1.82, 2.24) is 10.1 Å². The van der Waals surface area contributed by atoms with Crippen LogP contribution in [0.3, 0.4) is 0 Å². The standard InChI is InChI=1S/C22H21ClN2O4/c1-27-19-10-7-15(12-21(19)28-2)20-13-17(24-29-20)22(26)25-11-3-4-18(25)14-5-8-16(23)9-6-14/h5-10,12-13,18H,3-4,11H2,1-2H3. The van der Waals surface area contributed by atoms with E-state index < -0.39 is 0 Å². The zero-order valence-corrected chi connectivity index (χ0v) is 17.0. The van der Waals surface area contributed by atoms with Crippen molar-refractivity contribution in [3.05, 3.63) is 64.8 Å². The number of carbonyl (C=O) groups excluding carboxylic acids is 1. The Labute approximate surface area is 174 Å². The Kier molecular flexibility index (Phi) is 5.45. The van der Waals surface area contributed by atoms with Crippen LogP contribution < -0.4 is 9.47 Å². The lowest BCUT2D eigenvalue weighted by Gasteiger charge is -2.24. The summed E-state index contributed by atoms with van der Waals surface area (Å²) in [5, 5.41) is 4.70. The summed E-state index contributed by atoms with van der Waals surface area (Å²) in [5.74, 6) is 1.56. The largest absolute Gasteiger partial charge is 0.493 e. The van der Waals surface area contributed by atoms with Crippen LogP contribution in [0.1, 0.15) is 34.9 Å². The van der Waals surface area contributed by atoms with E-state index in [0.29, 0.717) is 28.8 Å². The van der Waals surface area contributed by atoms with Crippen LogP contribution in [0.4, 0.5) is 0 Å². The van der Waals surface area contributed by atoms with Crippen LogP contribution in [-0.2, 0) is 0 Å². The number of rotatable bonds is 5. The summed E-state index contributed by atoms with van der Waals surface area (Å²) >= 11 is 6.00. The molecule has 2 heterocycles. The lowest BCUT2D eigenvalue weighted by molar-refractivity contribution is 0.0725. The maximum absolute atomic E-state index is 13.1. The molecule has 1 saturated heterocycles. The molecule has 1 atom stereocenters. The Morgan fingerprint density at radius 3 is 2.59 bits per heavy atom. The van der Waals surface area contributed by atoms with E-state index in [1.807, 2.05) is 35.2 Å². The molecule has 1 aliphatic rings. The van der Waals surface area contributed by atoms with Crippen molar-refractivity contribution in [3.63, 3.8) is 0 Å². The normalized spacial score (nSPS) is 16.1. The minimum Gasteiger partial charge on any atom is -0.493 e. The maximum Gasteiger partial charge on any atom is 0.276 e. The topological polar surface area (TPSA) is 64.8 Å². The highest BCUT2D eigenvalue weighted by Gasteiger charge is 2.32. The highest BCUT2D eigenvalue weighted by molar-refractivity contribution is 6.30. The molecule has 0 radical (unpaired) electrons. The van der Waals surface area contributed by atoms with Gasteiger partial charge in [-0.2, -0.15) is 0 Å². The number of hydrogen-bond donors (Lipinski definition) is 0. The van der Waals surface area contributed by atoms with Gasteiger partial charge in [0.25, 0.3) is 5.91 Å². The highest BCUT2D eigenvalue weighted by Crippen LogP contribution is 2.35. The number of halogens is 1. The SMILES string of the molecule is COc1ccc(-c2cc(C(=O)N3CCCC3c3ccc(Cl)cc3)no2)cc1OC. The quantitative estimate of drug-likeness (QED) is 0.590. The predicted octanol–water partition coefficient (Wildman–Crippen LogP) is 4.99. The first-order chi connectivity index (χ1) is 14.1. The molecule has 4 rings (SSSR count). The minimum atomic E-state index is -0.141. The van der Waals surface area contributed by atoms with Crippen molar-refractivity contribution in [2.75, 3.05) is 20.8 Å². The fraction of sp³-hybridized carbons (Fsp3) is 0.273. The van der Waals surface area contributed by atoms with E-state index in [1.165, 1.54) is 0 Å². The van der Waals surface area contributed by atoms with E-state index in [2.05, 4.69) is 5.16 Å². The molecule has 0 saturated carbocycles. The van der Waals surface area contributed by atoms with Crippen molar-refractivity contribution in [1.29, 1.82) is 0 Å². The van der Waals surface area contributed by atoms with Gasteiger partial charge in [0.15, 0.2) is 23.0 Å². The molecule has 0 spiro atoms. The Morgan fingerprint density at radius 1 is 1.10 bits per heavy atom. The molecule has 29 heavy (non-hydrogen) atoms. The van der Waals surface area contributed by atoms with E-state index in [1.54, 1.807) is 32.4 Å². The Morgan fingerprint density at radius 2 is 1.86 bits per heavy atom. The highest BCUT2D eigenvalue weighted by atomic mass is 35.5. The van der Waals surface area contributed by atoms with Crippen molar-refractivity contribution in [2.45, 2.75) is 18.9 Å². The molecule has 0 N–H and O–H groups in total. The molecule has 1 unspecified atom stereocenters. The van der Waals surface area contributed by atoms with Gasteiger partial charge in [0, 0.05) is 23.2 Å². The van der Waals surface area contributed by atoms with Gasteiger partial charge in [-0.15, -0.1) is 0 Å². The van der Waals surface area contributed by atoms with E-state index in [-0.39, 0.29) is 17.6 Å². The first kappa shape index (κ1) is 19.3. The van der Waals surface area contributed by atoms with Crippen LogP contribution in [0.2, 0.25) is 5.02 Å². The zero-order valence-electron chi connectivity index (χ0n) is 16.2. The van der Waals surface area contributed by atoms with E-state index in [9.17, 15) is 4.79 Å². The number of ether oxygens (including phenoxy) is 2. The average molecular weight is 413 g/mol. The van der Waals surface area contributed by atoms with Gasteiger partial charge in [-0.1, -0.05) is 28.9 Å². The van der Waals surface area contributed by atoms with Crippen LogP contribution in [0.15, 0.2) is 53.1 Å². The molecule has 1 fully saturated rings. The number of nitrogens with zero attached hydrogens (tertiary/aromatic N) is 2. The third-order valence-electron chi connectivity index (χ3n) is 5.17. The fourth-order valence-corrected chi connectivity index (χ4v) is 3.82. The summed E-state index contributed by atoms with van der Waals surface area (Å²) in [5.41, 5.74) is 2.12. The third kappa shape index (κ3) is 3.80. The fourth-order valence-electron chi connectivity index (χ4n) is 3.69. The average Bonchev–Trinajstić information content (AvgIpc) is 3.43. The van der Waals surface area contributed by atoms with Crippen molar-refractivity contribution in [3.8, 4) is 22.8 Å². The smallest absolute Gasteiger partial charge is 0.276 e. The number of benzene rings is 2. The number of aromatic nitrogens is 1. The number of carbonyl (C=O) groups is 1. The number of methoxy groups -OCH3 is 2. The summed E-state index contributed by atoms with van der Waals surface area (Å²) in [6, 6.07) is 14.7. The Hall–Kier alpha value is -2.99. The minimum absolute atomic E-state index is 0.0148. The molecule has 150 valence electrons. The molecule has 2 aromatic carbocycles. The lowest BCUT2D eigenvalue weighted by Crippen LogP contribution is -2.30. The van der Waals surface area contributed by atoms with Gasteiger partial charge in [0.1, 0.15) is 0 Å². The monoisotopic (exact) mass is 412 g/mol. The van der Waals surface area contributed by atoms with Crippen LogP contribution >= 0.6 is 11.6 Å². The predicted molar refractivity (Wildman–Crippen MR) is 110 cm³/mol. The Bertz CT molecular complexity index is 1020. The van der Waals surface area contributed by atoms with E-state index in [4.69, 9.17) is 25.6 Å². The van der Waals surface area contributed by atoms with E-state index in [0.717, 1.165) is 24.0 Å². The number of amides is 1. The third-order valence-corrected chi connectivity index (χ3v) is 5.42. The van der Waals surface area contributed by atoms with Crippen LogP contribution in [0.25, 0.3) is 11.3 Å².